The number of amides is 1. The number of carbonyl (C=O) groups excluding carboxylic acids is 1. The number of ether oxygens (including phenoxy) is 2. The van der Waals surface area contributed by atoms with Crippen LogP contribution in [0.1, 0.15) is 52.9 Å². The van der Waals surface area contributed by atoms with Crippen molar-refractivity contribution in [3.8, 4) is 5.75 Å². The van der Waals surface area contributed by atoms with Gasteiger partial charge in [0.25, 0.3) is 5.91 Å². The van der Waals surface area contributed by atoms with Gasteiger partial charge in [-0.25, -0.2) is 0 Å². The van der Waals surface area contributed by atoms with E-state index in [0.29, 0.717) is 13.2 Å². The summed E-state index contributed by atoms with van der Waals surface area (Å²) in [5.74, 6) is 0.807. The molecule has 0 unspecified atom stereocenters. The van der Waals surface area contributed by atoms with E-state index in [1.165, 1.54) is 6.42 Å². The van der Waals surface area contributed by atoms with Gasteiger partial charge in [0.1, 0.15) is 18.0 Å². The summed E-state index contributed by atoms with van der Waals surface area (Å²) in [6.07, 6.45) is 4.89. The number of rotatable bonds is 10. The highest BCUT2D eigenvalue weighted by Crippen LogP contribution is 2.33. The van der Waals surface area contributed by atoms with Gasteiger partial charge >= 0.3 is 0 Å². The van der Waals surface area contributed by atoms with Gasteiger partial charge in [0.2, 0.25) is 0 Å². The summed E-state index contributed by atoms with van der Waals surface area (Å²) in [4.78, 5) is 15.1. The minimum absolute atomic E-state index is 0.0192. The molecule has 0 atom stereocenters. The maximum atomic E-state index is 12.8. The maximum absolute atomic E-state index is 12.8. The van der Waals surface area contributed by atoms with Crippen LogP contribution in [0.2, 0.25) is 0 Å². The molecule has 0 spiro atoms. The lowest BCUT2D eigenvalue weighted by Crippen LogP contribution is -2.47. The average molecular weight is 363 g/mol. The molecule has 0 bridgehead atoms. The number of benzene rings is 1. The van der Waals surface area contributed by atoms with Crippen molar-refractivity contribution in [3.63, 3.8) is 0 Å². The monoisotopic (exact) mass is 362 g/mol. The number of likely N-dealkylation sites (N-methyl/N-ethyl adjacent to an activating group) is 1. The van der Waals surface area contributed by atoms with Crippen LogP contribution in [-0.4, -0.2) is 49.3 Å². The first kappa shape index (κ1) is 20.7. The molecule has 1 aromatic carbocycles. The number of carbonyl (C=O) groups is 1. The Labute approximate surface area is 158 Å². The van der Waals surface area contributed by atoms with Crippen LogP contribution in [0.4, 0.5) is 5.69 Å². The fourth-order valence-corrected chi connectivity index (χ4v) is 3.55. The molecule has 1 aliphatic carbocycles. The van der Waals surface area contributed by atoms with Crippen molar-refractivity contribution in [2.75, 3.05) is 38.2 Å². The van der Waals surface area contributed by atoms with Crippen LogP contribution in [0.5, 0.6) is 5.75 Å². The molecule has 0 radical (unpaired) electrons. The van der Waals surface area contributed by atoms with Crippen molar-refractivity contribution in [3.05, 3.63) is 24.3 Å². The molecule has 5 heteroatoms. The highest BCUT2D eigenvalue weighted by molar-refractivity contribution is 5.97. The lowest BCUT2D eigenvalue weighted by atomic mass is 9.83. The molecular weight excluding hydrogens is 328 g/mol. The fraction of sp³-hybridized carbons (Fsp3) is 0.667. The van der Waals surface area contributed by atoms with Crippen LogP contribution in [0.3, 0.4) is 0 Å². The second kappa shape index (κ2) is 10.5. The van der Waals surface area contributed by atoms with E-state index in [1.807, 2.05) is 31.2 Å². The molecular formula is C21H34N2O3. The second-order valence-electron chi connectivity index (χ2n) is 6.84. The van der Waals surface area contributed by atoms with E-state index in [-0.39, 0.29) is 5.91 Å². The van der Waals surface area contributed by atoms with Crippen LogP contribution in [0, 0.1) is 0 Å². The van der Waals surface area contributed by atoms with Crippen LogP contribution in [-0.2, 0) is 9.53 Å². The topological polar surface area (TPSA) is 50.8 Å². The van der Waals surface area contributed by atoms with Gasteiger partial charge in [-0.2, -0.15) is 0 Å². The number of anilines is 1. The van der Waals surface area contributed by atoms with Crippen molar-refractivity contribution >= 4 is 11.6 Å². The number of hydrogen-bond acceptors (Lipinski definition) is 4. The highest BCUT2D eigenvalue weighted by atomic mass is 16.5. The third kappa shape index (κ3) is 5.71. The van der Waals surface area contributed by atoms with Crippen molar-refractivity contribution in [2.45, 2.75) is 58.5 Å². The number of nitrogens with one attached hydrogen (secondary N) is 1. The van der Waals surface area contributed by atoms with E-state index in [9.17, 15) is 4.79 Å². The van der Waals surface area contributed by atoms with Crippen LogP contribution < -0.4 is 10.1 Å². The predicted octanol–water partition coefficient (Wildman–Crippen LogP) is 4.09. The van der Waals surface area contributed by atoms with E-state index < -0.39 is 5.60 Å². The van der Waals surface area contributed by atoms with Crippen molar-refractivity contribution < 1.29 is 14.3 Å². The zero-order chi connectivity index (χ0) is 18.8. The third-order valence-corrected chi connectivity index (χ3v) is 5.18. The van der Waals surface area contributed by atoms with Gasteiger partial charge in [-0.15, -0.1) is 0 Å². The lowest BCUT2D eigenvalue weighted by molar-refractivity contribution is -0.145. The zero-order valence-corrected chi connectivity index (χ0v) is 16.6. The van der Waals surface area contributed by atoms with Crippen LogP contribution in [0.25, 0.3) is 0 Å². The first-order valence-corrected chi connectivity index (χ1v) is 10.0. The van der Waals surface area contributed by atoms with Gasteiger partial charge in [-0.05, 0) is 57.1 Å². The Hall–Kier alpha value is -1.59. The predicted molar refractivity (Wildman–Crippen MR) is 106 cm³/mol. The summed E-state index contributed by atoms with van der Waals surface area (Å²) in [5.41, 5.74) is 0.127. The third-order valence-electron chi connectivity index (χ3n) is 5.18. The standard InChI is InChI=1S/C21H34N2O3/c1-4-23(5-2)16-17-25-19-12-10-18(11-13-19)22-20(24)21(26-6-3)14-8-7-9-15-21/h10-13H,4-9,14-17H2,1-3H3,(H,22,24). The minimum Gasteiger partial charge on any atom is -0.492 e. The van der Waals surface area contributed by atoms with Crippen LogP contribution in [0.15, 0.2) is 24.3 Å². The van der Waals surface area contributed by atoms with Crippen molar-refractivity contribution in [1.29, 1.82) is 0 Å². The number of nitrogens with zero attached hydrogens (tertiary/aromatic N) is 1. The van der Waals surface area contributed by atoms with Gasteiger partial charge in [-0.1, -0.05) is 33.1 Å². The molecule has 1 aliphatic rings. The summed E-state index contributed by atoms with van der Waals surface area (Å²) < 4.78 is 11.7. The highest BCUT2D eigenvalue weighted by Gasteiger charge is 2.40. The summed E-state index contributed by atoms with van der Waals surface area (Å²) in [5, 5.41) is 3.03. The molecule has 1 amide bonds. The molecule has 1 saturated carbocycles. The van der Waals surface area contributed by atoms with Crippen LogP contribution >= 0.6 is 0 Å². The Morgan fingerprint density at radius 1 is 1.08 bits per heavy atom. The SMILES string of the molecule is CCOC1(C(=O)Nc2ccc(OCCN(CC)CC)cc2)CCCCC1. The Morgan fingerprint density at radius 2 is 1.73 bits per heavy atom. The van der Waals surface area contributed by atoms with E-state index >= 15 is 0 Å². The molecule has 1 fully saturated rings. The van der Waals surface area contributed by atoms with E-state index in [1.54, 1.807) is 0 Å². The molecule has 0 aromatic heterocycles. The Balaban J connectivity index is 1.88. The number of hydrogen-bond donors (Lipinski definition) is 1. The average Bonchev–Trinajstić information content (AvgIpc) is 2.67. The molecule has 26 heavy (non-hydrogen) atoms. The normalized spacial score (nSPS) is 16.5. The zero-order valence-electron chi connectivity index (χ0n) is 16.6. The summed E-state index contributed by atoms with van der Waals surface area (Å²) in [6, 6.07) is 7.61. The first-order valence-electron chi connectivity index (χ1n) is 10.0. The Bertz CT molecular complexity index is 529. The first-order chi connectivity index (χ1) is 12.6. The Morgan fingerprint density at radius 3 is 2.31 bits per heavy atom. The van der Waals surface area contributed by atoms with Gasteiger partial charge in [0.15, 0.2) is 0 Å². The summed E-state index contributed by atoms with van der Waals surface area (Å²) in [7, 11) is 0. The summed E-state index contributed by atoms with van der Waals surface area (Å²) >= 11 is 0. The molecule has 0 saturated heterocycles. The molecule has 1 aromatic rings. The van der Waals surface area contributed by atoms with Gasteiger partial charge in [0.05, 0.1) is 0 Å². The van der Waals surface area contributed by atoms with E-state index in [4.69, 9.17) is 9.47 Å². The molecule has 5 nitrogen and oxygen atoms in total. The lowest BCUT2D eigenvalue weighted by Gasteiger charge is -2.35. The smallest absolute Gasteiger partial charge is 0.256 e. The van der Waals surface area contributed by atoms with Crippen molar-refractivity contribution in [1.82, 2.24) is 4.90 Å². The Kier molecular flexibility index (Phi) is 8.39. The largest absolute Gasteiger partial charge is 0.492 e. The molecule has 2 rings (SSSR count). The molecule has 0 aliphatic heterocycles. The van der Waals surface area contributed by atoms with Gasteiger partial charge in [0, 0.05) is 18.8 Å². The van der Waals surface area contributed by atoms with E-state index in [0.717, 1.165) is 56.8 Å². The molecule has 0 heterocycles. The minimum atomic E-state index is -0.661. The molecule has 146 valence electrons. The maximum Gasteiger partial charge on any atom is 0.256 e. The quantitative estimate of drug-likeness (QED) is 0.681. The fourth-order valence-electron chi connectivity index (χ4n) is 3.55. The van der Waals surface area contributed by atoms with Crippen molar-refractivity contribution in [2.24, 2.45) is 0 Å². The molecule has 1 N–H and O–H groups in total. The van der Waals surface area contributed by atoms with Gasteiger partial charge in [-0.3, -0.25) is 4.79 Å². The van der Waals surface area contributed by atoms with E-state index in [2.05, 4.69) is 24.1 Å². The van der Waals surface area contributed by atoms with Gasteiger partial charge < -0.3 is 19.7 Å². The second-order valence-corrected chi connectivity index (χ2v) is 6.84. The summed E-state index contributed by atoms with van der Waals surface area (Å²) in [6.45, 7) is 10.5.